The fourth-order valence-corrected chi connectivity index (χ4v) is 2.93. The normalized spacial score (nSPS) is 26.7. The standard InChI is InChI=1S/C10H21NO2S/c1-10(2,3)9(13-4)8-11-6-5-7-14(11)12/h9H,5-8H2,1-4H3. The fourth-order valence-electron chi connectivity index (χ4n) is 1.66. The largest absolute Gasteiger partial charge is 0.380 e. The van der Waals surface area contributed by atoms with Gasteiger partial charge in [-0.2, -0.15) is 0 Å². The lowest BCUT2D eigenvalue weighted by molar-refractivity contribution is 0.00653. The van der Waals surface area contributed by atoms with Gasteiger partial charge in [0.15, 0.2) is 0 Å². The Balaban J connectivity index is 2.52. The molecular weight excluding hydrogens is 198 g/mol. The summed E-state index contributed by atoms with van der Waals surface area (Å²) in [4.78, 5) is 0. The molecule has 84 valence electrons. The quantitative estimate of drug-likeness (QED) is 0.718. The van der Waals surface area contributed by atoms with Gasteiger partial charge in [-0.15, -0.1) is 0 Å². The first-order valence-corrected chi connectivity index (χ1v) is 6.39. The van der Waals surface area contributed by atoms with Gasteiger partial charge in [-0.25, -0.2) is 8.51 Å². The minimum absolute atomic E-state index is 0.113. The number of methoxy groups -OCH3 is 1. The van der Waals surface area contributed by atoms with E-state index in [1.165, 1.54) is 0 Å². The van der Waals surface area contributed by atoms with Crippen molar-refractivity contribution in [2.45, 2.75) is 33.3 Å². The van der Waals surface area contributed by atoms with Crippen molar-refractivity contribution < 1.29 is 8.95 Å². The molecule has 1 heterocycles. The number of ether oxygens (including phenoxy) is 1. The number of hydrogen-bond donors (Lipinski definition) is 0. The van der Waals surface area contributed by atoms with Crippen LogP contribution in [0.25, 0.3) is 0 Å². The second-order valence-electron chi connectivity index (χ2n) is 4.86. The molecule has 0 aromatic heterocycles. The first kappa shape index (κ1) is 12.1. The van der Waals surface area contributed by atoms with Crippen molar-refractivity contribution in [2.75, 3.05) is 26.0 Å². The summed E-state index contributed by atoms with van der Waals surface area (Å²) in [6.45, 7) is 8.19. The summed E-state index contributed by atoms with van der Waals surface area (Å²) in [5, 5.41) is 0. The van der Waals surface area contributed by atoms with E-state index in [0.29, 0.717) is 0 Å². The molecular formula is C10H21NO2S. The van der Waals surface area contributed by atoms with E-state index in [0.717, 1.165) is 25.3 Å². The zero-order valence-electron chi connectivity index (χ0n) is 9.58. The molecule has 0 aliphatic carbocycles. The Kier molecular flexibility index (Phi) is 4.10. The van der Waals surface area contributed by atoms with Crippen LogP contribution in [0.2, 0.25) is 0 Å². The molecule has 1 rings (SSSR count). The number of rotatable bonds is 3. The lowest BCUT2D eigenvalue weighted by atomic mass is 9.89. The van der Waals surface area contributed by atoms with Crippen molar-refractivity contribution in [3.8, 4) is 0 Å². The molecule has 1 saturated heterocycles. The summed E-state index contributed by atoms with van der Waals surface area (Å²) in [6, 6.07) is 0. The van der Waals surface area contributed by atoms with Crippen LogP contribution in [0.15, 0.2) is 0 Å². The van der Waals surface area contributed by atoms with E-state index in [-0.39, 0.29) is 11.5 Å². The van der Waals surface area contributed by atoms with E-state index >= 15 is 0 Å². The summed E-state index contributed by atoms with van der Waals surface area (Å²) in [5.41, 5.74) is 0.113. The number of hydrogen-bond acceptors (Lipinski definition) is 2. The van der Waals surface area contributed by atoms with Gasteiger partial charge in [0.1, 0.15) is 0 Å². The van der Waals surface area contributed by atoms with Crippen molar-refractivity contribution in [1.82, 2.24) is 4.31 Å². The van der Waals surface area contributed by atoms with Crippen molar-refractivity contribution in [3.05, 3.63) is 0 Å². The van der Waals surface area contributed by atoms with Gasteiger partial charge in [-0.3, -0.25) is 0 Å². The Morgan fingerprint density at radius 3 is 2.50 bits per heavy atom. The molecule has 2 atom stereocenters. The highest BCUT2D eigenvalue weighted by Crippen LogP contribution is 2.24. The molecule has 0 radical (unpaired) electrons. The van der Waals surface area contributed by atoms with Crippen LogP contribution in [0.4, 0.5) is 0 Å². The SMILES string of the molecule is COC(CN1CCCS1=O)C(C)(C)C. The van der Waals surface area contributed by atoms with Crippen LogP contribution in [0, 0.1) is 5.41 Å². The Morgan fingerprint density at radius 2 is 2.14 bits per heavy atom. The third kappa shape index (κ3) is 3.04. The smallest absolute Gasteiger partial charge is 0.0943 e. The molecule has 1 aliphatic heterocycles. The maximum atomic E-state index is 11.5. The van der Waals surface area contributed by atoms with Crippen molar-refractivity contribution in [3.63, 3.8) is 0 Å². The maximum Gasteiger partial charge on any atom is 0.0943 e. The van der Waals surface area contributed by atoms with Crippen molar-refractivity contribution in [1.29, 1.82) is 0 Å². The van der Waals surface area contributed by atoms with Gasteiger partial charge in [0.2, 0.25) is 0 Å². The molecule has 0 bridgehead atoms. The van der Waals surface area contributed by atoms with Crippen LogP contribution < -0.4 is 0 Å². The Labute approximate surface area is 89.4 Å². The molecule has 0 amide bonds. The van der Waals surface area contributed by atoms with Crippen LogP contribution >= 0.6 is 0 Å². The highest BCUT2D eigenvalue weighted by Gasteiger charge is 2.30. The fraction of sp³-hybridized carbons (Fsp3) is 1.00. The lowest BCUT2D eigenvalue weighted by Crippen LogP contribution is -2.39. The Hall–Kier alpha value is 0.0700. The van der Waals surface area contributed by atoms with Gasteiger partial charge in [-0.1, -0.05) is 20.8 Å². The second-order valence-corrected chi connectivity index (χ2v) is 6.43. The Bertz CT molecular complexity index is 213. The zero-order valence-corrected chi connectivity index (χ0v) is 10.4. The molecule has 0 spiro atoms. The van der Waals surface area contributed by atoms with Gasteiger partial charge in [-0.05, 0) is 11.8 Å². The van der Waals surface area contributed by atoms with E-state index in [4.69, 9.17) is 4.74 Å². The van der Waals surface area contributed by atoms with E-state index in [1.807, 2.05) is 4.31 Å². The molecule has 0 saturated carbocycles. The van der Waals surface area contributed by atoms with Crippen LogP contribution in [0.5, 0.6) is 0 Å². The monoisotopic (exact) mass is 219 g/mol. The zero-order chi connectivity index (χ0) is 10.8. The summed E-state index contributed by atoms with van der Waals surface area (Å²) in [7, 11) is 0.967. The van der Waals surface area contributed by atoms with Gasteiger partial charge >= 0.3 is 0 Å². The van der Waals surface area contributed by atoms with E-state index in [2.05, 4.69) is 20.8 Å². The third-order valence-electron chi connectivity index (χ3n) is 2.63. The van der Waals surface area contributed by atoms with Crippen LogP contribution in [0.1, 0.15) is 27.2 Å². The second kappa shape index (κ2) is 4.73. The lowest BCUT2D eigenvalue weighted by Gasteiger charge is -2.31. The maximum absolute atomic E-state index is 11.5. The first-order chi connectivity index (χ1) is 6.45. The van der Waals surface area contributed by atoms with Crippen LogP contribution in [-0.4, -0.2) is 40.6 Å². The predicted molar refractivity (Wildman–Crippen MR) is 59.5 cm³/mol. The molecule has 0 N–H and O–H groups in total. The topological polar surface area (TPSA) is 29.5 Å². The third-order valence-corrected chi connectivity index (χ3v) is 4.18. The molecule has 0 aromatic carbocycles. The summed E-state index contributed by atoms with van der Waals surface area (Å²) in [6.07, 6.45) is 1.21. The average molecular weight is 219 g/mol. The molecule has 14 heavy (non-hydrogen) atoms. The van der Waals surface area contributed by atoms with E-state index in [1.54, 1.807) is 7.11 Å². The highest BCUT2D eigenvalue weighted by molar-refractivity contribution is 7.82. The van der Waals surface area contributed by atoms with Crippen molar-refractivity contribution >= 4 is 11.0 Å². The minimum atomic E-state index is -0.764. The minimum Gasteiger partial charge on any atom is -0.380 e. The van der Waals surface area contributed by atoms with Crippen LogP contribution in [-0.2, 0) is 15.7 Å². The molecule has 1 fully saturated rings. The number of nitrogens with zero attached hydrogens (tertiary/aromatic N) is 1. The van der Waals surface area contributed by atoms with Gasteiger partial charge in [0.05, 0.1) is 17.1 Å². The summed E-state index contributed by atoms with van der Waals surface area (Å²) < 4.78 is 19.0. The van der Waals surface area contributed by atoms with Crippen molar-refractivity contribution in [2.24, 2.45) is 5.41 Å². The van der Waals surface area contributed by atoms with Crippen LogP contribution in [0.3, 0.4) is 0 Å². The Morgan fingerprint density at radius 1 is 1.50 bits per heavy atom. The molecule has 2 unspecified atom stereocenters. The predicted octanol–water partition coefficient (Wildman–Crippen LogP) is 1.42. The van der Waals surface area contributed by atoms with Gasteiger partial charge in [0.25, 0.3) is 0 Å². The van der Waals surface area contributed by atoms with Gasteiger partial charge < -0.3 is 4.74 Å². The highest BCUT2D eigenvalue weighted by atomic mass is 32.2. The molecule has 4 heteroatoms. The summed E-state index contributed by atoms with van der Waals surface area (Å²) >= 11 is 0. The van der Waals surface area contributed by atoms with E-state index < -0.39 is 11.0 Å². The van der Waals surface area contributed by atoms with E-state index in [9.17, 15) is 4.21 Å². The average Bonchev–Trinajstić information content (AvgIpc) is 2.45. The molecule has 0 aromatic rings. The summed E-state index contributed by atoms with van der Waals surface area (Å²) in [5.74, 6) is 0.820. The van der Waals surface area contributed by atoms with Gasteiger partial charge in [0, 0.05) is 26.0 Å². The molecule has 3 nitrogen and oxygen atoms in total. The molecule has 1 aliphatic rings. The first-order valence-electron chi connectivity index (χ1n) is 5.11.